The molecule has 0 saturated heterocycles. The fourth-order valence-corrected chi connectivity index (χ4v) is 1.97. The van der Waals surface area contributed by atoms with Crippen molar-refractivity contribution in [3.63, 3.8) is 0 Å². The first kappa shape index (κ1) is 13.7. The minimum atomic E-state index is 0.123. The van der Waals surface area contributed by atoms with Crippen LogP contribution in [0.3, 0.4) is 0 Å². The van der Waals surface area contributed by atoms with Crippen molar-refractivity contribution in [3.8, 4) is 0 Å². The van der Waals surface area contributed by atoms with Crippen LogP contribution in [0.5, 0.6) is 0 Å². The van der Waals surface area contributed by atoms with E-state index in [-0.39, 0.29) is 12.2 Å². The largest absolute Gasteiger partial charge is 0.370 e. The number of benzene rings is 1. The molecule has 1 aromatic carbocycles. The van der Waals surface area contributed by atoms with Gasteiger partial charge in [-0.25, -0.2) is 0 Å². The molecule has 0 aliphatic carbocycles. The molecule has 1 atom stereocenters. The molecule has 0 aliphatic rings. The van der Waals surface area contributed by atoms with E-state index in [1.165, 1.54) is 5.56 Å². The highest BCUT2D eigenvalue weighted by atomic mass is 79.9. The summed E-state index contributed by atoms with van der Waals surface area (Å²) in [6.45, 7) is 8.05. The first-order valence-corrected chi connectivity index (χ1v) is 6.54. The molecule has 1 rings (SSSR count). The molecule has 0 spiro atoms. The molecule has 0 amide bonds. The van der Waals surface area contributed by atoms with Gasteiger partial charge in [-0.15, -0.1) is 0 Å². The van der Waals surface area contributed by atoms with Gasteiger partial charge in [0, 0.05) is 11.0 Å². The Morgan fingerprint density at radius 2 is 2.12 bits per heavy atom. The molecule has 0 saturated carbocycles. The van der Waals surface area contributed by atoms with E-state index in [1.54, 1.807) is 0 Å². The number of halogens is 1. The van der Waals surface area contributed by atoms with Gasteiger partial charge in [-0.2, -0.15) is 0 Å². The summed E-state index contributed by atoms with van der Waals surface area (Å²) in [4.78, 5) is 0. The monoisotopic (exact) mass is 285 g/mol. The fraction of sp³-hybridized carbons (Fsp3) is 0.538. The van der Waals surface area contributed by atoms with Gasteiger partial charge < -0.3 is 10.1 Å². The fourth-order valence-electron chi connectivity index (χ4n) is 1.56. The van der Waals surface area contributed by atoms with Crippen molar-refractivity contribution >= 4 is 15.9 Å². The first-order chi connectivity index (χ1) is 7.63. The highest BCUT2D eigenvalue weighted by Gasteiger charge is 2.13. The van der Waals surface area contributed by atoms with Crippen molar-refractivity contribution < 1.29 is 4.74 Å². The van der Waals surface area contributed by atoms with Crippen LogP contribution in [-0.4, -0.2) is 19.2 Å². The number of ether oxygens (including phenoxy) is 1. The maximum absolute atomic E-state index is 5.91. The predicted octanol–water partition coefficient (Wildman–Crippen LogP) is 3.52. The summed E-state index contributed by atoms with van der Waals surface area (Å²) < 4.78 is 7.01. The van der Waals surface area contributed by atoms with Gasteiger partial charge in [-0.3, -0.25) is 0 Å². The van der Waals surface area contributed by atoms with Crippen LogP contribution < -0.4 is 5.32 Å². The lowest BCUT2D eigenvalue weighted by molar-refractivity contribution is 0.00738. The molecule has 3 heteroatoms. The van der Waals surface area contributed by atoms with E-state index in [2.05, 4.69) is 54.2 Å². The van der Waals surface area contributed by atoms with Crippen LogP contribution in [0.1, 0.15) is 32.4 Å². The first-order valence-electron chi connectivity index (χ1n) is 5.75. The van der Waals surface area contributed by atoms with Crippen LogP contribution >= 0.6 is 15.9 Å². The second kappa shape index (κ2) is 7.05. The number of hydrogen-bond donors (Lipinski definition) is 1. The van der Waals surface area contributed by atoms with Crippen molar-refractivity contribution in [3.05, 3.63) is 34.3 Å². The zero-order valence-electron chi connectivity index (χ0n) is 10.2. The molecule has 1 N–H and O–H groups in total. The Kier molecular flexibility index (Phi) is 6.03. The molecule has 90 valence electrons. The minimum absolute atomic E-state index is 0.123. The highest BCUT2D eigenvalue weighted by molar-refractivity contribution is 9.10. The molecule has 0 heterocycles. The molecule has 2 nitrogen and oxygen atoms in total. The maximum atomic E-state index is 5.91. The SMILES string of the molecule is CCNCC(OC(C)C)c1cccc(Br)c1. The van der Waals surface area contributed by atoms with Crippen molar-refractivity contribution in [2.45, 2.75) is 33.0 Å². The number of likely N-dealkylation sites (N-methyl/N-ethyl adjacent to an activating group) is 1. The number of hydrogen-bond acceptors (Lipinski definition) is 2. The van der Waals surface area contributed by atoms with Crippen molar-refractivity contribution in [2.75, 3.05) is 13.1 Å². The molecule has 0 aromatic heterocycles. The van der Waals surface area contributed by atoms with E-state index in [0.717, 1.165) is 17.6 Å². The van der Waals surface area contributed by atoms with Crippen molar-refractivity contribution in [1.29, 1.82) is 0 Å². The van der Waals surface area contributed by atoms with E-state index in [4.69, 9.17) is 4.74 Å². The Morgan fingerprint density at radius 1 is 1.38 bits per heavy atom. The van der Waals surface area contributed by atoms with Gasteiger partial charge in [0.15, 0.2) is 0 Å². The molecule has 0 bridgehead atoms. The standard InChI is InChI=1S/C13H20BrNO/c1-4-15-9-13(16-10(2)3)11-6-5-7-12(14)8-11/h5-8,10,13,15H,4,9H2,1-3H3. The van der Waals surface area contributed by atoms with Gasteiger partial charge in [0.05, 0.1) is 12.2 Å². The zero-order chi connectivity index (χ0) is 12.0. The van der Waals surface area contributed by atoms with Gasteiger partial charge in [-0.1, -0.05) is 35.0 Å². The van der Waals surface area contributed by atoms with E-state index >= 15 is 0 Å². The van der Waals surface area contributed by atoms with Crippen molar-refractivity contribution in [2.24, 2.45) is 0 Å². The average molecular weight is 286 g/mol. The van der Waals surface area contributed by atoms with Crippen LogP contribution in [0, 0.1) is 0 Å². The molecule has 0 radical (unpaired) electrons. The smallest absolute Gasteiger partial charge is 0.0953 e. The van der Waals surface area contributed by atoms with Gasteiger partial charge in [0.25, 0.3) is 0 Å². The summed E-state index contributed by atoms with van der Waals surface area (Å²) in [6.07, 6.45) is 0.361. The second-order valence-electron chi connectivity index (χ2n) is 4.04. The molecule has 1 aromatic rings. The van der Waals surface area contributed by atoms with E-state index in [0.29, 0.717) is 0 Å². The summed E-state index contributed by atoms with van der Waals surface area (Å²) >= 11 is 3.49. The Morgan fingerprint density at radius 3 is 2.69 bits per heavy atom. The normalized spacial score (nSPS) is 13.1. The Labute approximate surface area is 107 Å². The van der Waals surface area contributed by atoms with Gasteiger partial charge in [0.1, 0.15) is 0 Å². The highest BCUT2D eigenvalue weighted by Crippen LogP contribution is 2.22. The summed E-state index contributed by atoms with van der Waals surface area (Å²) in [7, 11) is 0. The van der Waals surface area contributed by atoms with E-state index in [9.17, 15) is 0 Å². The topological polar surface area (TPSA) is 21.3 Å². The lowest BCUT2D eigenvalue weighted by Crippen LogP contribution is -2.25. The van der Waals surface area contributed by atoms with E-state index < -0.39 is 0 Å². The van der Waals surface area contributed by atoms with Crippen LogP contribution in [-0.2, 0) is 4.74 Å². The molecular formula is C13H20BrNO. The Balaban J connectivity index is 2.74. The quantitative estimate of drug-likeness (QED) is 0.864. The maximum Gasteiger partial charge on any atom is 0.0953 e. The summed E-state index contributed by atoms with van der Waals surface area (Å²) in [6, 6.07) is 8.30. The van der Waals surface area contributed by atoms with Crippen molar-refractivity contribution in [1.82, 2.24) is 5.32 Å². The van der Waals surface area contributed by atoms with E-state index in [1.807, 2.05) is 12.1 Å². The average Bonchev–Trinajstić information content (AvgIpc) is 2.23. The molecule has 0 aliphatic heterocycles. The van der Waals surface area contributed by atoms with Crippen LogP contribution in [0.2, 0.25) is 0 Å². The summed E-state index contributed by atoms with van der Waals surface area (Å²) in [5.74, 6) is 0. The predicted molar refractivity (Wildman–Crippen MR) is 71.6 cm³/mol. The lowest BCUT2D eigenvalue weighted by Gasteiger charge is -2.21. The molecule has 1 unspecified atom stereocenters. The molecule has 16 heavy (non-hydrogen) atoms. The Hall–Kier alpha value is -0.380. The van der Waals surface area contributed by atoms with Gasteiger partial charge in [0.2, 0.25) is 0 Å². The lowest BCUT2D eigenvalue weighted by atomic mass is 10.1. The second-order valence-corrected chi connectivity index (χ2v) is 4.95. The third-order valence-corrected chi connectivity index (χ3v) is 2.73. The molecule has 0 fully saturated rings. The molecular weight excluding hydrogens is 266 g/mol. The van der Waals surface area contributed by atoms with Gasteiger partial charge in [-0.05, 0) is 38.1 Å². The third kappa shape index (κ3) is 4.64. The van der Waals surface area contributed by atoms with Crippen LogP contribution in [0.4, 0.5) is 0 Å². The zero-order valence-corrected chi connectivity index (χ0v) is 11.8. The summed E-state index contributed by atoms with van der Waals surface area (Å²) in [5, 5.41) is 3.33. The third-order valence-electron chi connectivity index (χ3n) is 2.24. The van der Waals surface area contributed by atoms with Crippen LogP contribution in [0.25, 0.3) is 0 Å². The number of nitrogens with one attached hydrogen (secondary N) is 1. The summed E-state index contributed by atoms with van der Waals surface area (Å²) in [5.41, 5.74) is 1.21. The Bertz CT molecular complexity index is 315. The van der Waals surface area contributed by atoms with Gasteiger partial charge >= 0.3 is 0 Å². The number of rotatable bonds is 6. The van der Waals surface area contributed by atoms with Crippen LogP contribution in [0.15, 0.2) is 28.7 Å². The minimum Gasteiger partial charge on any atom is -0.370 e.